The van der Waals surface area contributed by atoms with Crippen molar-refractivity contribution in [3.8, 4) is 0 Å². The summed E-state index contributed by atoms with van der Waals surface area (Å²) in [5.74, 6) is 1.58. The second-order valence-electron chi connectivity index (χ2n) is 6.08. The molecule has 0 aromatic heterocycles. The highest BCUT2D eigenvalue weighted by Crippen LogP contribution is 2.49. The predicted molar refractivity (Wildman–Crippen MR) is 69.9 cm³/mol. The molecule has 0 amide bonds. The van der Waals surface area contributed by atoms with E-state index in [1.165, 1.54) is 36.8 Å². The molecule has 0 heterocycles. The van der Waals surface area contributed by atoms with E-state index in [1.807, 2.05) is 0 Å². The molecule has 2 saturated carbocycles. The Bertz CT molecular complexity index is 398. The first-order chi connectivity index (χ1) is 8.19. The van der Waals surface area contributed by atoms with Crippen molar-refractivity contribution in [1.82, 2.24) is 0 Å². The molecule has 3 rings (SSSR count). The van der Waals surface area contributed by atoms with Gasteiger partial charge in [-0.25, -0.2) is 0 Å². The fourth-order valence-corrected chi connectivity index (χ4v) is 3.24. The van der Waals surface area contributed by atoms with Gasteiger partial charge in [-0.15, -0.1) is 0 Å². The van der Waals surface area contributed by atoms with E-state index in [0.717, 1.165) is 18.8 Å². The third-order valence-electron chi connectivity index (χ3n) is 4.64. The maximum atomic E-state index is 10.4. The van der Waals surface area contributed by atoms with Crippen LogP contribution >= 0.6 is 0 Å². The van der Waals surface area contributed by atoms with Crippen molar-refractivity contribution in [3.63, 3.8) is 0 Å². The molecule has 0 atom stereocenters. The van der Waals surface area contributed by atoms with Crippen LogP contribution in [0.25, 0.3) is 0 Å². The number of benzene rings is 1. The highest BCUT2D eigenvalue weighted by molar-refractivity contribution is 5.38. The molecule has 0 unspecified atom stereocenters. The van der Waals surface area contributed by atoms with E-state index < -0.39 is 5.60 Å². The Hall–Kier alpha value is -0.820. The molecule has 17 heavy (non-hydrogen) atoms. The van der Waals surface area contributed by atoms with Crippen molar-refractivity contribution >= 4 is 0 Å². The summed E-state index contributed by atoms with van der Waals surface area (Å²) in [6.45, 7) is 2.36. The molecule has 92 valence electrons. The maximum Gasteiger partial charge on any atom is 0.0901 e. The van der Waals surface area contributed by atoms with E-state index in [0.29, 0.717) is 5.92 Å². The molecule has 0 spiro atoms. The maximum absolute atomic E-state index is 10.4. The minimum atomic E-state index is -0.473. The van der Waals surface area contributed by atoms with Crippen molar-refractivity contribution in [1.29, 1.82) is 0 Å². The van der Waals surface area contributed by atoms with Crippen LogP contribution < -0.4 is 0 Å². The monoisotopic (exact) mass is 230 g/mol. The zero-order valence-corrected chi connectivity index (χ0v) is 10.7. The topological polar surface area (TPSA) is 20.2 Å². The number of aliphatic hydroxyl groups is 1. The third kappa shape index (κ3) is 2.13. The van der Waals surface area contributed by atoms with Crippen molar-refractivity contribution in [2.45, 2.75) is 57.0 Å². The van der Waals surface area contributed by atoms with Gasteiger partial charge in [0, 0.05) is 0 Å². The van der Waals surface area contributed by atoms with Crippen molar-refractivity contribution in [2.75, 3.05) is 0 Å². The molecular formula is C16H22O. The molecule has 0 bridgehead atoms. The molecule has 2 fully saturated rings. The molecule has 1 N–H and O–H groups in total. The Morgan fingerprint density at radius 2 is 1.71 bits per heavy atom. The summed E-state index contributed by atoms with van der Waals surface area (Å²) in [6, 6.07) is 8.58. The number of rotatable bonds is 2. The lowest BCUT2D eigenvalue weighted by molar-refractivity contribution is 0.149. The van der Waals surface area contributed by atoms with E-state index >= 15 is 0 Å². The molecule has 0 radical (unpaired) electrons. The summed E-state index contributed by atoms with van der Waals surface area (Å²) in [7, 11) is 0. The minimum Gasteiger partial charge on any atom is -0.385 e. The van der Waals surface area contributed by atoms with Crippen LogP contribution in [0.2, 0.25) is 0 Å². The lowest BCUT2D eigenvalue weighted by Gasteiger charge is -2.29. The Kier molecular flexibility index (Phi) is 2.74. The molecule has 0 saturated heterocycles. The zero-order valence-electron chi connectivity index (χ0n) is 10.7. The highest BCUT2D eigenvalue weighted by Gasteiger charge is 2.44. The van der Waals surface area contributed by atoms with Crippen LogP contribution in [0.3, 0.4) is 0 Å². The normalized spacial score (nSPS) is 31.2. The first-order valence-electron chi connectivity index (χ1n) is 7.01. The summed E-state index contributed by atoms with van der Waals surface area (Å²) >= 11 is 0. The van der Waals surface area contributed by atoms with Gasteiger partial charge in [-0.2, -0.15) is 0 Å². The Balaban J connectivity index is 1.87. The van der Waals surface area contributed by atoms with Crippen LogP contribution in [-0.4, -0.2) is 5.11 Å². The predicted octanol–water partition coefficient (Wildman–Crippen LogP) is 3.96. The molecule has 1 aromatic rings. The fourth-order valence-electron chi connectivity index (χ4n) is 3.24. The zero-order chi connectivity index (χ0) is 11.9. The van der Waals surface area contributed by atoms with E-state index in [1.54, 1.807) is 0 Å². The summed E-state index contributed by atoms with van der Waals surface area (Å²) < 4.78 is 0. The second kappa shape index (κ2) is 4.13. The molecule has 2 aliphatic rings. The van der Waals surface area contributed by atoms with Gasteiger partial charge in [0.15, 0.2) is 0 Å². The lowest BCUT2D eigenvalue weighted by atomic mass is 9.77. The van der Waals surface area contributed by atoms with Gasteiger partial charge in [-0.1, -0.05) is 44.0 Å². The Morgan fingerprint density at radius 1 is 1.06 bits per heavy atom. The SMILES string of the molecule is CC1CCC(c2ccccc2C2(O)CC2)CC1. The average molecular weight is 230 g/mol. The van der Waals surface area contributed by atoms with E-state index in [4.69, 9.17) is 0 Å². The van der Waals surface area contributed by atoms with Gasteiger partial charge in [0.25, 0.3) is 0 Å². The van der Waals surface area contributed by atoms with Crippen molar-refractivity contribution in [3.05, 3.63) is 35.4 Å². The summed E-state index contributed by atoms with van der Waals surface area (Å²) in [4.78, 5) is 0. The van der Waals surface area contributed by atoms with Crippen molar-refractivity contribution < 1.29 is 5.11 Å². The smallest absolute Gasteiger partial charge is 0.0901 e. The fraction of sp³-hybridized carbons (Fsp3) is 0.625. The third-order valence-corrected chi connectivity index (χ3v) is 4.64. The van der Waals surface area contributed by atoms with Crippen LogP contribution in [0.4, 0.5) is 0 Å². The molecule has 1 aromatic carbocycles. The first-order valence-corrected chi connectivity index (χ1v) is 7.01. The van der Waals surface area contributed by atoms with E-state index in [9.17, 15) is 5.11 Å². The summed E-state index contributed by atoms with van der Waals surface area (Å²) in [6.07, 6.45) is 7.19. The number of hydrogen-bond acceptors (Lipinski definition) is 1. The van der Waals surface area contributed by atoms with Gasteiger partial charge in [0.05, 0.1) is 5.60 Å². The van der Waals surface area contributed by atoms with Gasteiger partial charge < -0.3 is 5.11 Å². The molecule has 1 heteroatoms. The van der Waals surface area contributed by atoms with Crippen LogP contribution in [0.15, 0.2) is 24.3 Å². The van der Waals surface area contributed by atoms with E-state index in [2.05, 4.69) is 31.2 Å². The standard InChI is InChI=1S/C16H22O/c1-12-6-8-13(9-7-12)14-4-2-3-5-15(14)16(17)10-11-16/h2-5,12-13,17H,6-11H2,1H3. The van der Waals surface area contributed by atoms with Gasteiger partial charge in [-0.05, 0) is 48.6 Å². The molecule has 0 aliphatic heterocycles. The van der Waals surface area contributed by atoms with Crippen LogP contribution in [0, 0.1) is 5.92 Å². The minimum absolute atomic E-state index is 0.473. The van der Waals surface area contributed by atoms with Crippen LogP contribution in [0.5, 0.6) is 0 Å². The Labute approximate surface area is 104 Å². The lowest BCUT2D eigenvalue weighted by Crippen LogP contribution is -2.16. The molecular weight excluding hydrogens is 208 g/mol. The summed E-state index contributed by atoms with van der Waals surface area (Å²) in [5.41, 5.74) is 2.18. The van der Waals surface area contributed by atoms with Crippen molar-refractivity contribution in [2.24, 2.45) is 5.92 Å². The second-order valence-corrected chi connectivity index (χ2v) is 6.08. The average Bonchev–Trinajstić information content (AvgIpc) is 3.10. The van der Waals surface area contributed by atoms with Gasteiger partial charge in [0.1, 0.15) is 0 Å². The highest BCUT2D eigenvalue weighted by atomic mass is 16.3. The van der Waals surface area contributed by atoms with Gasteiger partial charge in [0.2, 0.25) is 0 Å². The van der Waals surface area contributed by atoms with Crippen LogP contribution in [-0.2, 0) is 5.60 Å². The Morgan fingerprint density at radius 3 is 2.35 bits per heavy atom. The quantitative estimate of drug-likeness (QED) is 0.815. The molecule has 2 aliphatic carbocycles. The first kappa shape index (κ1) is 11.3. The van der Waals surface area contributed by atoms with Gasteiger partial charge >= 0.3 is 0 Å². The summed E-state index contributed by atoms with van der Waals surface area (Å²) in [5, 5.41) is 10.4. The van der Waals surface area contributed by atoms with Gasteiger partial charge in [-0.3, -0.25) is 0 Å². The molecule has 1 nitrogen and oxygen atoms in total. The van der Waals surface area contributed by atoms with Crippen LogP contribution in [0.1, 0.15) is 62.5 Å². The number of hydrogen-bond donors (Lipinski definition) is 1. The van der Waals surface area contributed by atoms with E-state index in [-0.39, 0.29) is 0 Å². The largest absolute Gasteiger partial charge is 0.385 e.